The van der Waals surface area contributed by atoms with Crippen LogP contribution in [-0.2, 0) is 0 Å². The quantitative estimate of drug-likeness (QED) is 0.707. The Kier molecular flexibility index (Phi) is 5.49. The number of hydrogen-bond donors (Lipinski definition) is 3. The van der Waals surface area contributed by atoms with Crippen molar-refractivity contribution >= 4 is 5.91 Å². The molecule has 0 saturated heterocycles. The first-order chi connectivity index (χ1) is 9.10. The Morgan fingerprint density at radius 1 is 1.42 bits per heavy atom. The van der Waals surface area contributed by atoms with Crippen LogP contribution in [0.15, 0.2) is 24.3 Å². The number of nitrogens with zero attached hydrogens (tertiary/aromatic N) is 1. The van der Waals surface area contributed by atoms with Gasteiger partial charge in [-0.3, -0.25) is 4.79 Å². The molecule has 0 saturated carbocycles. The van der Waals surface area contributed by atoms with Gasteiger partial charge in [0.25, 0.3) is 5.91 Å². The van der Waals surface area contributed by atoms with E-state index < -0.39 is 11.4 Å². The lowest BCUT2D eigenvalue weighted by Gasteiger charge is -2.30. The summed E-state index contributed by atoms with van der Waals surface area (Å²) in [5.41, 5.74) is -0.294. The van der Waals surface area contributed by atoms with Crippen LogP contribution < -0.4 is 5.32 Å². The number of nitriles is 1. The van der Waals surface area contributed by atoms with Gasteiger partial charge in [-0.1, -0.05) is 19.4 Å². The standard InChI is InChI=1S/C14H18N2O3/c1-2-6-14(9-17,10-18)16-13(19)12-5-3-4-11(7-12)8-15/h3-5,7,17-18H,2,6,9-10H2,1H3,(H,16,19). The largest absolute Gasteiger partial charge is 0.394 e. The monoisotopic (exact) mass is 262 g/mol. The maximum Gasteiger partial charge on any atom is 0.251 e. The molecule has 0 aliphatic carbocycles. The van der Waals surface area contributed by atoms with E-state index in [-0.39, 0.29) is 13.2 Å². The highest BCUT2D eigenvalue weighted by Gasteiger charge is 2.30. The SMILES string of the molecule is CCCC(CO)(CO)NC(=O)c1cccc(C#N)c1. The summed E-state index contributed by atoms with van der Waals surface area (Å²) in [6.45, 7) is 1.24. The Labute approximate surface area is 112 Å². The molecule has 0 aliphatic rings. The van der Waals surface area contributed by atoms with Crippen molar-refractivity contribution in [2.75, 3.05) is 13.2 Å². The predicted octanol–water partition coefficient (Wildman–Crippen LogP) is 0.812. The van der Waals surface area contributed by atoms with Gasteiger partial charge in [0.15, 0.2) is 0 Å². The van der Waals surface area contributed by atoms with Crippen LogP contribution in [0, 0.1) is 11.3 Å². The second-order valence-corrected chi connectivity index (χ2v) is 4.49. The molecular formula is C14H18N2O3. The van der Waals surface area contributed by atoms with Crippen LogP contribution in [0.2, 0.25) is 0 Å². The van der Waals surface area contributed by atoms with Crippen LogP contribution in [-0.4, -0.2) is 34.9 Å². The zero-order valence-corrected chi connectivity index (χ0v) is 10.9. The van der Waals surface area contributed by atoms with E-state index in [0.29, 0.717) is 17.5 Å². The second-order valence-electron chi connectivity index (χ2n) is 4.49. The van der Waals surface area contributed by atoms with Gasteiger partial charge in [-0.25, -0.2) is 0 Å². The number of amides is 1. The van der Waals surface area contributed by atoms with Gasteiger partial charge in [-0.15, -0.1) is 0 Å². The van der Waals surface area contributed by atoms with E-state index in [9.17, 15) is 15.0 Å². The van der Waals surface area contributed by atoms with E-state index in [1.165, 1.54) is 6.07 Å². The number of nitrogens with one attached hydrogen (secondary N) is 1. The van der Waals surface area contributed by atoms with Crippen molar-refractivity contribution in [3.8, 4) is 6.07 Å². The summed E-state index contributed by atoms with van der Waals surface area (Å²) >= 11 is 0. The Morgan fingerprint density at radius 2 is 2.11 bits per heavy atom. The molecule has 1 amide bonds. The first kappa shape index (κ1) is 15.2. The van der Waals surface area contributed by atoms with Crippen molar-refractivity contribution < 1.29 is 15.0 Å². The van der Waals surface area contributed by atoms with Crippen molar-refractivity contribution in [2.45, 2.75) is 25.3 Å². The Bertz CT molecular complexity index is 476. The third-order valence-electron chi connectivity index (χ3n) is 2.97. The van der Waals surface area contributed by atoms with Crippen molar-refractivity contribution in [1.29, 1.82) is 5.26 Å². The van der Waals surface area contributed by atoms with Crippen LogP contribution >= 0.6 is 0 Å². The van der Waals surface area contributed by atoms with Crippen molar-refractivity contribution in [1.82, 2.24) is 5.32 Å². The molecule has 1 rings (SSSR count). The fourth-order valence-corrected chi connectivity index (χ4v) is 1.87. The van der Waals surface area contributed by atoms with Gasteiger partial charge in [0, 0.05) is 5.56 Å². The van der Waals surface area contributed by atoms with E-state index in [2.05, 4.69) is 5.32 Å². The number of aliphatic hydroxyl groups is 2. The molecule has 3 N–H and O–H groups in total. The molecule has 0 radical (unpaired) electrons. The number of aliphatic hydroxyl groups excluding tert-OH is 2. The van der Waals surface area contributed by atoms with Crippen LogP contribution in [0.4, 0.5) is 0 Å². The van der Waals surface area contributed by atoms with Crippen LogP contribution in [0.3, 0.4) is 0 Å². The first-order valence-electron chi connectivity index (χ1n) is 6.15. The number of carbonyl (C=O) groups is 1. The predicted molar refractivity (Wildman–Crippen MR) is 70.4 cm³/mol. The van der Waals surface area contributed by atoms with Crippen molar-refractivity contribution in [2.24, 2.45) is 0 Å². The Morgan fingerprint density at radius 3 is 2.63 bits per heavy atom. The van der Waals surface area contributed by atoms with E-state index in [1.807, 2.05) is 13.0 Å². The topological polar surface area (TPSA) is 93.3 Å². The molecule has 0 unspecified atom stereocenters. The van der Waals surface area contributed by atoms with Crippen LogP contribution in [0.25, 0.3) is 0 Å². The highest BCUT2D eigenvalue weighted by Crippen LogP contribution is 2.13. The normalized spacial score (nSPS) is 10.8. The van der Waals surface area contributed by atoms with Gasteiger partial charge in [0.05, 0.1) is 30.4 Å². The maximum absolute atomic E-state index is 12.1. The summed E-state index contributed by atoms with van der Waals surface area (Å²) in [6, 6.07) is 8.24. The van der Waals surface area contributed by atoms with Crippen LogP contribution in [0.1, 0.15) is 35.7 Å². The molecule has 1 aromatic rings. The molecule has 19 heavy (non-hydrogen) atoms. The Balaban J connectivity index is 2.90. The Hall–Kier alpha value is -1.90. The lowest BCUT2D eigenvalue weighted by Crippen LogP contribution is -2.54. The average Bonchev–Trinajstić information content (AvgIpc) is 2.46. The molecule has 0 aromatic heterocycles. The minimum absolute atomic E-state index is 0.332. The van der Waals surface area contributed by atoms with Gasteiger partial charge in [0.2, 0.25) is 0 Å². The van der Waals surface area contributed by atoms with Gasteiger partial charge in [-0.05, 0) is 24.6 Å². The van der Waals surface area contributed by atoms with Gasteiger partial charge < -0.3 is 15.5 Å². The zero-order chi connectivity index (χ0) is 14.3. The van der Waals surface area contributed by atoms with E-state index in [4.69, 9.17) is 5.26 Å². The molecule has 1 aromatic carbocycles. The summed E-state index contributed by atoms with van der Waals surface area (Å²) in [7, 11) is 0. The van der Waals surface area contributed by atoms with E-state index in [1.54, 1.807) is 18.2 Å². The third kappa shape index (κ3) is 3.78. The number of rotatable bonds is 6. The fourth-order valence-electron chi connectivity index (χ4n) is 1.87. The highest BCUT2D eigenvalue weighted by molar-refractivity contribution is 5.95. The minimum Gasteiger partial charge on any atom is -0.394 e. The molecule has 0 atom stereocenters. The zero-order valence-electron chi connectivity index (χ0n) is 10.9. The molecule has 0 spiro atoms. The average molecular weight is 262 g/mol. The summed E-state index contributed by atoms with van der Waals surface area (Å²) < 4.78 is 0. The summed E-state index contributed by atoms with van der Waals surface area (Å²) in [5, 5.41) is 30.2. The molecule has 0 aliphatic heterocycles. The smallest absolute Gasteiger partial charge is 0.251 e. The molecule has 5 nitrogen and oxygen atoms in total. The number of benzene rings is 1. The van der Waals surface area contributed by atoms with Crippen molar-refractivity contribution in [3.05, 3.63) is 35.4 Å². The van der Waals surface area contributed by atoms with Crippen LogP contribution in [0.5, 0.6) is 0 Å². The highest BCUT2D eigenvalue weighted by atomic mass is 16.3. The summed E-state index contributed by atoms with van der Waals surface area (Å²) in [6.07, 6.45) is 1.20. The molecule has 5 heteroatoms. The summed E-state index contributed by atoms with van der Waals surface area (Å²) in [5.74, 6) is -0.409. The number of hydrogen-bond acceptors (Lipinski definition) is 4. The molecule has 0 bridgehead atoms. The maximum atomic E-state index is 12.1. The first-order valence-corrected chi connectivity index (χ1v) is 6.15. The molecule has 102 valence electrons. The van der Waals surface area contributed by atoms with Gasteiger partial charge in [0.1, 0.15) is 0 Å². The molecule has 0 fully saturated rings. The minimum atomic E-state index is -1.02. The van der Waals surface area contributed by atoms with Gasteiger partial charge in [-0.2, -0.15) is 5.26 Å². The molecule has 0 heterocycles. The fraction of sp³-hybridized carbons (Fsp3) is 0.429. The third-order valence-corrected chi connectivity index (χ3v) is 2.97. The lowest BCUT2D eigenvalue weighted by molar-refractivity contribution is 0.0632. The second kappa shape index (κ2) is 6.88. The summed E-state index contributed by atoms with van der Waals surface area (Å²) in [4.78, 5) is 12.1. The van der Waals surface area contributed by atoms with Crippen molar-refractivity contribution in [3.63, 3.8) is 0 Å². The number of carbonyl (C=O) groups excluding carboxylic acids is 1. The van der Waals surface area contributed by atoms with E-state index >= 15 is 0 Å². The molecular weight excluding hydrogens is 244 g/mol. The lowest BCUT2D eigenvalue weighted by atomic mass is 9.95. The van der Waals surface area contributed by atoms with Gasteiger partial charge >= 0.3 is 0 Å². The van der Waals surface area contributed by atoms with E-state index in [0.717, 1.165) is 6.42 Å².